The Morgan fingerprint density at radius 2 is 2.12 bits per heavy atom. The minimum absolute atomic E-state index is 0.557. The van der Waals surface area contributed by atoms with Crippen LogP contribution in [0.15, 0.2) is 12.5 Å². The van der Waals surface area contributed by atoms with Crippen LogP contribution in [0, 0.1) is 5.92 Å². The molecule has 3 rings (SSSR count). The Bertz CT molecular complexity index is 346. The summed E-state index contributed by atoms with van der Waals surface area (Å²) in [6, 6.07) is 0.557. The molecule has 1 saturated carbocycles. The topological polar surface area (TPSA) is 29.9 Å². The van der Waals surface area contributed by atoms with Crippen molar-refractivity contribution in [1.29, 1.82) is 0 Å². The van der Waals surface area contributed by atoms with Gasteiger partial charge in [0, 0.05) is 18.8 Å². The highest BCUT2D eigenvalue weighted by Gasteiger charge is 2.20. The van der Waals surface area contributed by atoms with Crippen LogP contribution in [-0.4, -0.2) is 16.1 Å². The summed E-state index contributed by atoms with van der Waals surface area (Å²) in [5.74, 6) is 0.974. The van der Waals surface area contributed by atoms with Gasteiger partial charge in [-0.1, -0.05) is 25.7 Å². The molecule has 2 heterocycles. The molecule has 1 aromatic rings. The van der Waals surface area contributed by atoms with Crippen LogP contribution in [0.25, 0.3) is 0 Å². The number of aromatic nitrogens is 2. The van der Waals surface area contributed by atoms with E-state index in [1.807, 2.05) is 6.33 Å². The van der Waals surface area contributed by atoms with Gasteiger partial charge in [0.25, 0.3) is 0 Å². The highest BCUT2D eigenvalue weighted by molar-refractivity contribution is 5.07. The summed E-state index contributed by atoms with van der Waals surface area (Å²) in [5.41, 5.74) is 1.40. The van der Waals surface area contributed by atoms with E-state index in [0.717, 1.165) is 12.5 Å². The fourth-order valence-corrected chi connectivity index (χ4v) is 3.37. The number of hydrogen-bond acceptors (Lipinski definition) is 2. The van der Waals surface area contributed by atoms with Crippen molar-refractivity contribution in [2.24, 2.45) is 5.92 Å². The minimum atomic E-state index is 0.557. The molecule has 1 atom stereocenters. The van der Waals surface area contributed by atoms with E-state index in [1.54, 1.807) is 0 Å². The Kier molecular flexibility index (Phi) is 3.46. The summed E-state index contributed by atoms with van der Waals surface area (Å²) in [7, 11) is 0. The summed E-state index contributed by atoms with van der Waals surface area (Å²) in [5, 5.41) is 3.57. The zero-order chi connectivity index (χ0) is 11.5. The molecular formula is C14H23N3. The molecular weight excluding hydrogens is 210 g/mol. The predicted molar refractivity (Wildman–Crippen MR) is 68.8 cm³/mol. The molecule has 2 aliphatic rings. The van der Waals surface area contributed by atoms with Gasteiger partial charge < -0.3 is 9.88 Å². The molecule has 0 amide bonds. The standard InChI is InChI=1S/C14H23N3/c1-2-5-12(4-1)7-9-17-11-15-10-14(17)13-6-3-8-16-13/h10-13,16H,1-9H2. The molecule has 1 N–H and O–H groups in total. The zero-order valence-electron chi connectivity index (χ0n) is 10.6. The smallest absolute Gasteiger partial charge is 0.0948 e. The molecule has 0 aromatic carbocycles. The number of nitrogens with zero attached hydrogens (tertiary/aromatic N) is 2. The van der Waals surface area contributed by atoms with Gasteiger partial charge in [0.15, 0.2) is 0 Å². The lowest BCUT2D eigenvalue weighted by Crippen LogP contribution is -2.17. The Balaban J connectivity index is 1.60. The van der Waals surface area contributed by atoms with E-state index in [9.17, 15) is 0 Å². The number of rotatable bonds is 4. The van der Waals surface area contributed by atoms with Gasteiger partial charge >= 0.3 is 0 Å². The van der Waals surface area contributed by atoms with Gasteiger partial charge in [-0.25, -0.2) is 4.98 Å². The first-order valence-electron chi connectivity index (χ1n) is 7.17. The van der Waals surface area contributed by atoms with Crippen LogP contribution < -0.4 is 5.32 Å². The van der Waals surface area contributed by atoms with Gasteiger partial charge in [0.2, 0.25) is 0 Å². The second-order valence-corrected chi connectivity index (χ2v) is 5.60. The van der Waals surface area contributed by atoms with E-state index in [4.69, 9.17) is 0 Å². The third-order valence-corrected chi connectivity index (χ3v) is 4.41. The van der Waals surface area contributed by atoms with Crippen molar-refractivity contribution in [2.45, 2.75) is 57.5 Å². The Labute approximate surface area is 104 Å². The third-order valence-electron chi connectivity index (χ3n) is 4.41. The Hall–Kier alpha value is -0.830. The van der Waals surface area contributed by atoms with Crippen molar-refractivity contribution < 1.29 is 0 Å². The summed E-state index contributed by atoms with van der Waals surface area (Å²) in [6.45, 7) is 2.33. The van der Waals surface area contributed by atoms with Gasteiger partial charge in [-0.05, 0) is 31.7 Å². The van der Waals surface area contributed by atoms with E-state index < -0.39 is 0 Å². The van der Waals surface area contributed by atoms with Crippen LogP contribution in [0.1, 0.15) is 56.7 Å². The lowest BCUT2D eigenvalue weighted by molar-refractivity contribution is 0.443. The van der Waals surface area contributed by atoms with E-state index in [2.05, 4.69) is 21.1 Å². The van der Waals surface area contributed by atoms with Gasteiger partial charge in [0.1, 0.15) is 0 Å². The summed E-state index contributed by atoms with van der Waals surface area (Å²) < 4.78 is 2.38. The van der Waals surface area contributed by atoms with E-state index in [-0.39, 0.29) is 0 Å². The molecule has 0 radical (unpaired) electrons. The predicted octanol–water partition coefficient (Wildman–Crippen LogP) is 2.89. The summed E-state index contributed by atoms with van der Waals surface area (Å²) in [6.07, 6.45) is 13.8. The molecule has 17 heavy (non-hydrogen) atoms. The molecule has 1 aliphatic heterocycles. The first-order chi connectivity index (χ1) is 8.43. The number of aryl methyl sites for hydroxylation is 1. The minimum Gasteiger partial charge on any atom is -0.333 e. The average molecular weight is 233 g/mol. The molecule has 3 heteroatoms. The lowest BCUT2D eigenvalue weighted by Gasteiger charge is -2.15. The maximum Gasteiger partial charge on any atom is 0.0948 e. The normalized spacial score (nSPS) is 25.8. The van der Waals surface area contributed by atoms with Crippen LogP contribution >= 0.6 is 0 Å². The highest BCUT2D eigenvalue weighted by Crippen LogP contribution is 2.29. The van der Waals surface area contributed by atoms with Gasteiger partial charge in [-0.15, -0.1) is 0 Å². The molecule has 3 nitrogen and oxygen atoms in total. The highest BCUT2D eigenvalue weighted by atomic mass is 15.1. The van der Waals surface area contributed by atoms with Crippen LogP contribution in [0.5, 0.6) is 0 Å². The molecule has 2 fully saturated rings. The maximum atomic E-state index is 4.33. The van der Waals surface area contributed by atoms with Crippen LogP contribution in [0.2, 0.25) is 0 Å². The largest absolute Gasteiger partial charge is 0.333 e. The van der Waals surface area contributed by atoms with E-state index >= 15 is 0 Å². The second kappa shape index (κ2) is 5.21. The monoisotopic (exact) mass is 233 g/mol. The first-order valence-corrected chi connectivity index (χ1v) is 7.17. The number of hydrogen-bond donors (Lipinski definition) is 1. The SMILES string of the molecule is c1ncn(CCC2CCCC2)c1C1CCCN1. The van der Waals surface area contributed by atoms with Crippen LogP contribution in [0.3, 0.4) is 0 Å². The molecule has 1 saturated heterocycles. The molecule has 1 aliphatic carbocycles. The number of imidazole rings is 1. The van der Waals surface area contributed by atoms with Crippen molar-refractivity contribution >= 4 is 0 Å². The Morgan fingerprint density at radius 1 is 1.24 bits per heavy atom. The fourth-order valence-electron chi connectivity index (χ4n) is 3.37. The maximum absolute atomic E-state index is 4.33. The lowest BCUT2D eigenvalue weighted by atomic mass is 10.0. The first kappa shape index (κ1) is 11.3. The van der Waals surface area contributed by atoms with Crippen LogP contribution in [0.4, 0.5) is 0 Å². The van der Waals surface area contributed by atoms with Crippen molar-refractivity contribution in [3.63, 3.8) is 0 Å². The zero-order valence-corrected chi connectivity index (χ0v) is 10.6. The van der Waals surface area contributed by atoms with Crippen molar-refractivity contribution in [3.05, 3.63) is 18.2 Å². The van der Waals surface area contributed by atoms with Gasteiger partial charge in [-0.3, -0.25) is 0 Å². The van der Waals surface area contributed by atoms with Gasteiger partial charge in [0.05, 0.1) is 12.0 Å². The summed E-state index contributed by atoms with van der Waals surface area (Å²) >= 11 is 0. The van der Waals surface area contributed by atoms with Crippen molar-refractivity contribution in [3.8, 4) is 0 Å². The molecule has 0 bridgehead atoms. The molecule has 1 unspecified atom stereocenters. The van der Waals surface area contributed by atoms with Crippen molar-refractivity contribution in [2.75, 3.05) is 6.54 Å². The van der Waals surface area contributed by atoms with Crippen molar-refractivity contribution in [1.82, 2.24) is 14.9 Å². The second-order valence-electron chi connectivity index (χ2n) is 5.60. The number of nitrogens with one attached hydrogen (secondary N) is 1. The fraction of sp³-hybridized carbons (Fsp3) is 0.786. The van der Waals surface area contributed by atoms with Gasteiger partial charge in [-0.2, -0.15) is 0 Å². The summed E-state index contributed by atoms with van der Waals surface area (Å²) in [4.78, 5) is 4.33. The molecule has 1 aromatic heterocycles. The van der Waals surface area contributed by atoms with Crippen LogP contribution in [-0.2, 0) is 6.54 Å². The third kappa shape index (κ3) is 2.54. The van der Waals surface area contributed by atoms with E-state index in [0.29, 0.717) is 6.04 Å². The average Bonchev–Trinajstić information content (AvgIpc) is 3.09. The Morgan fingerprint density at radius 3 is 2.88 bits per heavy atom. The quantitative estimate of drug-likeness (QED) is 0.866. The van der Waals surface area contributed by atoms with E-state index in [1.165, 1.54) is 57.2 Å². The molecule has 0 spiro atoms. The molecule has 94 valence electrons.